The molecule has 1 aromatic carbocycles. The van der Waals surface area contributed by atoms with Crippen LogP contribution >= 0.6 is 0 Å². The third-order valence-corrected chi connectivity index (χ3v) is 3.77. The van der Waals surface area contributed by atoms with Gasteiger partial charge in [0.05, 0.1) is 19.0 Å². The number of benzene rings is 1. The largest absolute Gasteiger partial charge is 0.497 e. The van der Waals surface area contributed by atoms with Crippen molar-refractivity contribution in [3.8, 4) is 5.75 Å². The van der Waals surface area contributed by atoms with Crippen molar-refractivity contribution in [1.29, 1.82) is 0 Å². The van der Waals surface area contributed by atoms with Crippen LogP contribution in [0.15, 0.2) is 28.7 Å². The Kier molecular flexibility index (Phi) is 3.36. The molecule has 3 aromatic rings. The molecule has 0 unspecified atom stereocenters. The highest BCUT2D eigenvalue weighted by Crippen LogP contribution is 2.28. The quantitative estimate of drug-likeness (QED) is 0.801. The molecule has 0 saturated carbocycles. The van der Waals surface area contributed by atoms with Crippen molar-refractivity contribution >= 4 is 17.1 Å². The van der Waals surface area contributed by atoms with Gasteiger partial charge in [0.25, 0.3) is 0 Å². The molecule has 0 amide bonds. The van der Waals surface area contributed by atoms with Crippen molar-refractivity contribution in [2.75, 3.05) is 7.11 Å². The minimum atomic E-state index is -1.07. The topological polar surface area (TPSA) is 77.5 Å². The standard InChI is InChI=1S/C16H16N2O4/c1-9-13-10(2)18(17-15(13)22-14(9)16(19)20)8-11-4-6-12(21-3)7-5-11/h4-7H,8H2,1-3H3,(H,19,20). The first kappa shape index (κ1) is 14.2. The highest BCUT2D eigenvalue weighted by atomic mass is 16.5. The summed E-state index contributed by atoms with van der Waals surface area (Å²) in [6.07, 6.45) is 0. The summed E-state index contributed by atoms with van der Waals surface area (Å²) in [5, 5.41) is 14.2. The Morgan fingerprint density at radius 3 is 2.55 bits per heavy atom. The number of hydrogen-bond acceptors (Lipinski definition) is 4. The predicted octanol–water partition coefficient (Wildman–Crippen LogP) is 3.00. The van der Waals surface area contributed by atoms with Crippen molar-refractivity contribution in [3.05, 3.63) is 46.8 Å². The van der Waals surface area contributed by atoms with Gasteiger partial charge in [0.15, 0.2) is 0 Å². The van der Waals surface area contributed by atoms with Crippen LogP contribution < -0.4 is 4.74 Å². The average Bonchev–Trinajstić information content (AvgIpc) is 2.98. The first-order valence-corrected chi connectivity index (χ1v) is 6.84. The predicted molar refractivity (Wildman–Crippen MR) is 80.5 cm³/mol. The number of methoxy groups -OCH3 is 1. The number of aromatic carboxylic acids is 1. The monoisotopic (exact) mass is 300 g/mol. The van der Waals surface area contributed by atoms with Crippen molar-refractivity contribution in [2.24, 2.45) is 0 Å². The molecule has 114 valence electrons. The molecule has 2 aromatic heterocycles. The average molecular weight is 300 g/mol. The number of aryl methyl sites for hydroxylation is 2. The molecular weight excluding hydrogens is 284 g/mol. The maximum Gasteiger partial charge on any atom is 0.372 e. The number of ether oxygens (including phenoxy) is 1. The summed E-state index contributed by atoms with van der Waals surface area (Å²) >= 11 is 0. The zero-order valence-corrected chi connectivity index (χ0v) is 12.6. The van der Waals surface area contributed by atoms with Gasteiger partial charge in [-0.2, -0.15) is 0 Å². The summed E-state index contributed by atoms with van der Waals surface area (Å²) in [6, 6.07) is 7.73. The van der Waals surface area contributed by atoms with Crippen LogP contribution in [0, 0.1) is 13.8 Å². The lowest BCUT2D eigenvalue weighted by molar-refractivity contribution is 0.0663. The zero-order chi connectivity index (χ0) is 15.9. The van der Waals surface area contributed by atoms with E-state index in [-0.39, 0.29) is 5.76 Å². The number of aromatic nitrogens is 2. The fraction of sp³-hybridized carbons (Fsp3) is 0.250. The fourth-order valence-corrected chi connectivity index (χ4v) is 2.57. The third kappa shape index (κ3) is 2.22. The zero-order valence-electron chi connectivity index (χ0n) is 12.6. The molecule has 3 rings (SSSR count). The van der Waals surface area contributed by atoms with Gasteiger partial charge in [0.1, 0.15) is 5.75 Å². The Bertz CT molecular complexity index is 843. The van der Waals surface area contributed by atoms with Gasteiger partial charge in [-0.1, -0.05) is 12.1 Å². The van der Waals surface area contributed by atoms with Crippen LogP contribution in [0.2, 0.25) is 0 Å². The summed E-state index contributed by atoms with van der Waals surface area (Å²) in [4.78, 5) is 11.1. The molecule has 6 nitrogen and oxygen atoms in total. The first-order valence-electron chi connectivity index (χ1n) is 6.84. The molecule has 0 saturated heterocycles. The van der Waals surface area contributed by atoms with Gasteiger partial charge in [-0.25, -0.2) is 4.79 Å². The molecule has 0 aliphatic heterocycles. The smallest absolute Gasteiger partial charge is 0.372 e. The number of fused-ring (bicyclic) bond motifs is 1. The second-order valence-corrected chi connectivity index (χ2v) is 5.13. The molecule has 0 bridgehead atoms. The van der Waals surface area contributed by atoms with E-state index in [1.807, 2.05) is 35.9 Å². The Hall–Kier alpha value is -2.76. The number of carbonyl (C=O) groups is 1. The Morgan fingerprint density at radius 2 is 2.00 bits per heavy atom. The maximum atomic E-state index is 11.1. The number of nitrogens with zero attached hydrogens (tertiary/aromatic N) is 2. The third-order valence-electron chi connectivity index (χ3n) is 3.77. The molecule has 0 fully saturated rings. The van der Waals surface area contributed by atoms with E-state index in [1.54, 1.807) is 14.0 Å². The summed E-state index contributed by atoms with van der Waals surface area (Å²) in [7, 11) is 1.63. The summed E-state index contributed by atoms with van der Waals surface area (Å²) in [6.45, 7) is 4.23. The van der Waals surface area contributed by atoms with Crippen molar-refractivity contribution in [3.63, 3.8) is 0 Å². The molecule has 0 atom stereocenters. The summed E-state index contributed by atoms with van der Waals surface area (Å²) < 4.78 is 12.3. The van der Waals surface area contributed by atoms with Crippen LogP contribution in [-0.4, -0.2) is 28.0 Å². The van der Waals surface area contributed by atoms with Crippen LogP contribution in [0.1, 0.15) is 27.4 Å². The molecule has 6 heteroatoms. The number of carboxylic acids is 1. The summed E-state index contributed by atoms with van der Waals surface area (Å²) in [5.41, 5.74) is 2.94. The van der Waals surface area contributed by atoms with E-state index in [4.69, 9.17) is 14.3 Å². The van der Waals surface area contributed by atoms with Crippen molar-refractivity contribution < 1.29 is 19.1 Å². The van der Waals surface area contributed by atoms with Crippen LogP contribution in [0.25, 0.3) is 11.1 Å². The second-order valence-electron chi connectivity index (χ2n) is 5.13. The lowest BCUT2D eigenvalue weighted by Gasteiger charge is -2.06. The number of carboxylic acid groups (broad SMARTS) is 1. The number of rotatable bonds is 4. The van der Waals surface area contributed by atoms with Gasteiger partial charge in [0, 0.05) is 11.3 Å². The van der Waals surface area contributed by atoms with Gasteiger partial charge in [-0.15, -0.1) is 5.10 Å². The Morgan fingerprint density at radius 1 is 1.32 bits per heavy atom. The van der Waals surface area contributed by atoms with Crippen LogP contribution in [0.3, 0.4) is 0 Å². The number of furan rings is 1. The van der Waals surface area contributed by atoms with Gasteiger partial charge in [-0.3, -0.25) is 4.68 Å². The van der Waals surface area contributed by atoms with Gasteiger partial charge < -0.3 is 14.3 Å². The van der Waals surface area contributed by atoms with E-state index in [2.05, 4.69) is 5.10 Å². The fourth-order valence-electron chi connectivity index (χ4n) is 2.57. The van der Waals surface area contributed by atoms with E-state index >= 15 is 0 Å². The molecule has 0 radical (unpaired) electrons. The van der Waals surface area contributed by atoms with E-state index in [1.165, 1.54) is 0 Å². The SMILES string of the molecule is COc1ccc(Cn2nc3oc(C(=O)O)c(C)c3c2C)cc1. The van der Waals surface area contributed by atoms with Crippen molar-refractivity contribution in [2.45, 2.75) is 20.4 Å². The minimum absolute atomic E-state index is 0.0443. The van der Waals surface area contributed by atoms with E-state index in [0.29, 0.717) is 17.8 Å². The second kappa shape index (κ2) is 5.22. The minimum Gasteiger partial charge on any atom is -0.497 e. The normalized spacial score (nSPS) is 11.0. The van der Waals surface area contributed by atoms with Crippen LogP contribution in [-0.2, 0) is 6.54 Å². The van der Waals surface area contributed by atoms with E-state index < -0.39 is 5.97 Å². The number of hydrogen-bond donors (Lipinski definition) is 1. The Balaban J connectivity index is 1.97. The molecule has 2 heterocycles. The highest BCUT2D eigenvalue weighted by Gasteiger charge is 2.22. The van der Waals surface area contributed by atoms with Gasteiger partial charge in [-0.05, 0) is 31.5 Å². The lowest BCUT2D eigenvalue weighted by Crippen LogP contribution is -2.04. The molecule has 0 aliphatic carbocycles. The molecule has 0 spiro atoms. The van der Waals surface area contributed by atoms with Gasteiger partial charge in [0.2, 0.25) is 11.5 Å². The van der Waals surface area contributed by atoms with Crippen LogP contribution in [0.4, 0.5) is 0 Å². The van der Waals surface area contributed by atoms with Gasteiger partial charge >= 0.3 is 5.97 Å². The molecular formula is C16H16N2O4. The first-order chi connectivity index (χ1) is 10.5. The molecule has 0 aliphatic rings. The Labute approximate surface area is 126 Å². The lowest BCUT2D eigenvalue weighted by atomic mass is 10.1. The molecule has 1 N–H and O–H groups in total. The highest BCUT2D eigenvalue weighted by molar-refractivity contribution is 5.94. The molecule has 22 heavy (non-hydrogen) atoms. The summed E-state index contributed by atoms with van der Waals surface area (Å²) in [5.74, 6) is -0.314. The van der Waals surface area contributed by atoms with Crippen LogP contribution in [0.5, 0.6) is 5.75 Å². The van der Waals surface area contributed by atoms with E-state index in [9.17, 15) is 4.79 Å². The maximum absolute atomic E-state index is 11.1. The van der Waals surface area contributed by atoms with E-state index in [0.717, 1.165) is 22.4 Å². The van der Waals surface area contributed by atoms with Crippen molar-refractivity contribution in [1.82, 2.24) is 9.78 Å².